The van der Waals surface area contributed by atoms with Gasteiger partial charge in [-0.15, -0.1) is 0 Å². The number of carbonyl (C=O) groups is 1. The Balaban J connectivity index is 1.97. The van der Waals surface area contributed by atoms with Crippen LogP contribution in [0.2, 0.25) is 0 Å². The average Bonchev–Trinajstić information content (AvgIpc) is 3.00. The van der Waals surface area contributed by atoms with Gasteiger partial charge < -0.3 is 19.0 Å². The molecular formula is C16H15NO5. The van der Waals surface area contributed by atoms with Crippen LogP contribution in [-0.2, 0) is 11.2 Å². The van der Waals surface area contributed by atoms with Gasteiger partial charge >= 0.3 is 5.97 Å². The number of hydrogen-bond donors (Lipinski definition) is 2. The Labute approximate surface area is 126 Å². The van der Waals surface area contributed by atoms with E-state index in [1.807, 2.05) is 0 Å². The van der Waals surface area contributed by atoms with E-state index in [1.165, 1.54) is 0 Å². The molecule has 0 bridgehead atoms. The molecule has 0 saturated carbocycles. The first kappa shape index (κ1) is 14.3. The number of carboxylic acid groups (broad SMARTS) is 1. The van der Waals surface area contributed by atoms with E-state index in [2.05, 4.69) is 4.98 Å². The first-order valence-corrected chi connectivity index (χ1v) is 6.80. The number of furan rings is 1. The number of aliphatic carboxylic acids is 1. The lowest BCUT2D eigenvalue weighted by atomic mass is 10.1. The van der Waals surface area contributed by atoms with Crippen molar-refractivity contribution in [3.05, 3.63) is 52.9 Å². The van der Waals surface area contributed by atoms with Gasteiger partial charge in [0.05, 0.1) is 12.1 Å². The minimum atomic E-state index is -1.04. The second kappa shape index (κ2) is 5.31. The highest BCUT2D eigenvalue weighted by Crippen LogP contribution is 2.30. The third kappa shape index (κ3) is 2.60. The van der Waals surface area contributed by atoms with E-state index >= 15 is 0 Å². The van der Waals surface area contributed by atoms with Gasteiger partial charge in [-0.1, -0.05) is 6.07 Å². The fourth-order valence-corrected chi connectivity index (χ4v) is 2.46. The smallest absolute Gasteiger partial charge is 0.307 e. The lowest BCUT2D eigenvalue weighted by Crippen LogP contribution is -1.99. The van der Waals surface area contributed by atoms with Gasteiger partial charge in [0.2, 0.25) is 0 Å². The summed E-state index contributed by atoms with van der Waals surface area (Å²) in [5.41, 5.74) is 1.86. The Morgan fingerprint density at radius 3 is 2.68 bits per heavy atom. The molecule has 1 unspecified atom stereocenters. The zero-order valence-electron chi connectivity index (χ0n) is 12.2. The largest absolute Gasteiger partial charge is 0.481 e. The van der Waals surface area contributed by atoms with Gasteiger partial charge in [-0.3, -0.25) is 4.79 Å². The number of benzene rings is 1. The van der Waals surface area contributed by atoms with Crippen LogP contribution in [0, 0.1) is 13.8 Å². The van der Waals surface area contributed by atoms with Crippen molar-refractivity contribution in [3.8, 4) is 0 Å². The number of aliphatic hydroxyl groups is 1. The lowest BCUT2D eigenvalue weighted by Gasteiger charge is -2.03. The van der Waals surface area contributed by atoms with Crippen LogP contribution in [0.15, 0.2) is 33.1 Å². The molecule has 1 aromatic carbocycles. The summed E-state index contributed by atoms with van der Waals surface area (Å²) in [6.45, 7) is 3.46. The van der Waals surface area contributed by atoms with E-state index in [0.29, 0.717) is 34.3 Å². The summed E-state index contributed by atoms with van der Waals surface area (Å²) >= 11 is 0. The molecule has 0 aliphatic rings. The second-order valence-corrected chi connectivity index (χ2v) is 5.18. The second-order valence-electron chi connectivity index (χ2n) is 5.18. The summed E-state index contributed by atoms with van der Waals surface area (Å²) in [5.74, 6) is 0.270. The van der Waals surface area contributed by atoms with Crippen LogP contribution in [-0.4, -0.2) is 21.2 Å². The van der Waals surface area contributed by atoms with E-state index in [1.54, 1.807) is 38.1 Å². The molecule has 0 fully saturated rings. The van der Waals surface area contributed by atoms with Crippen molar-refractivity contribution < 1.29 is 23.8 Å². The lowest BCUT2D eigenvalue weighted by molar-refractivity contribution is -0.136. The predicted molar refractivity (Wildman–Crippen MR) is 77.6 cm³/mol. The summed E-state index contributed by atoms with van der Waals surface area (Å²) in [7, 11) is 0. The molecule has 0 aliphatic carbocycles. The Hall–Kier alpha value is -2.60. The van der Waals surface area contributed by atoms with Crippen LogP contribution >= 0.6 is 0 Å². The van der Waals surface area contributed by atoms with Crippen molar-refractivity contribution >= 4 is 16.9 Å². The first-order chi connectivity index (χ1) is 10.4. The highest BCUT2D eigenvalue weighted by molar-refractivity contribution is 5.80. The van der Waals surface area contributed by atoms with E-state index in [4.69, 9.17) is 13.9 Å². The molecule has 6 heteroatoms. The van der Waals surface area contributed by atoms with Gasteiger partial charge in [-0.2, -0.15) is 0 Å². The van der Waals surface area contributed by atoms with Gasteiger partial charge in [0.15, 0.2) is 17.8 Å². The summed E-state index contributed by atoms with van der Waals surface area (Å²) in [6, 6.07) is 6.81. The molecule has 0 radical (unpaired) electrons. The molecule has 22 heavy (non-hydrogen) atoms. The number of rotatable bonds is 4. The molecule has 1 atom stereocenters. The summed E-state index contributed by atoms with van der Waals surface area (Å²) in [5, 5.41) is 19.9. The number of aliphatic hydroxyl groups excluding tert-OH is 1. The average molecular weight is 301 g/mol. The minimum absolute atomic E-state index is 0.0561. The van der Waals surface area contributed by atoms with Crippen molar-refractivity contribution in [2.75, 3.05) is 0 Å². The predicted octanol–water partition coefficient (Wildman–Crippen LogP) is 2.75. The van der Waals surface area contributed by atoms with Crippen LogP contribution < -0.4 is 0 Å². The maximum Gasteiger partial charge on any atom is 0.307 e. The summed E-state index contributed by atoms with van der Waals surface area (Å²) in [4.78, 5) is 14.9. The van der Waals surface area contributed by atoms with E-state index in [-0.39, 0.29) is 6.42 Å². The first-order valence-electron chi connectivity index (χ1n) is 6.80. The Bertz CT molecular complexity index is 845. The van der Waals surface area contributed by atoms with Crippen molar-refractivity contribution in [3.63, 3.8) is 0 Å². The molecule has 2 aromatic heterocycles. The third-order valence-electron chi connectivity index (χ3n) is 3.41. The minimum Gasteiger partial charge on any atom is -0.481 e. The maximum atomic E-state index is 10.8. The monoisotopic (exact) mass is 301 g/mol. The van der Waals surface area contributed by atoms with Gasteiger partial charge in [0, 0.05) is 12.3 Å². The summed E-state index contributed by atoms with van der Waals surface area (Å²) in [6.07, 6.45) is -1.10. The molecule has 0 saturated heterocycles. The van der Waals surface area contributed by atoms with Gasteiger partial charge in [0.1, 0.15) is 11.3 Å². The number of nitrogens with zero attached hydrogens (tertiary/aromatic N) is 1. The normalized spacial score (nSPS) is 12.7. The number of carboxylic acids is 1. The number of hydrogen-bond acceptors (Lipinski definition) is 5. The van der Waals surface area contributed by atoms with Crippen molar-refractivity contribution in [1.29, 1.82) is 0 Å². The maximum absolute atomic E-state index is 10.8. The Morgan fingerprint density at radius 2 is 2.05 bits per heavy atom. The number of aromatic nitrogens is 1. The molecular weight excluding hydrogens is 286 g/mol. The van der Waals surface area contributed by atoms with Gasteiger partial charge in [-0.05, 0) is 30.7 Å². The highest BCUT2D eigenvalue weighted by Gasteiger charge is 2.22. The highest BCUT2D eigenvalue weighted by atomic mass is 16.4. The topological polar surface area (TPSA) is 96.7 Å². The van der Waals surface area contributed by atoms with Gasteiger partial charge in [-0.25, -0.2) is 4.98 Å². The Morgan fingerprint density at radius 1 is 1.27 bits per heavy atom. The molecule has 2 heterocycles. The zero-order valence-corrected chi connectivity index (χ0v) is 12.2. The quantitative estimate of drug-likeness (QED) is 0.769. The van der Waals surface area contributed by atoms with E-state index < -0.39 is 12.1 Å². The molecule has 0 amide bonds. The van der Waals surface area contributed by atoms with Crippen LogP contribution in [0.3, 0.4) is 0 Å². The van der Waals surface area contributed by atoms with Crippen LogP contribution in [0.1, 0.15) is 34.8 Å². The van der Waals surface area contributed by atoms with Crippen molar-refractivity contribution in [1.82, 2.24) is 4.98 Å². The molecule has 3 rings (SSSR count). The molecule has 2 N–H and O–H groups in total. The SMILES string of the molecule is Cc1nc(C)c(C(O)c2cc3cc(CC(=O)O)ccc3o2)o1. The molecule has 0 aliphatic heterocycles. The molecule has 114 valence electrons. The van der Waals surface area contributed by atoms with Crippen LogP contribution in [0.25, 0.3) is 11.0 Å². The van der Waals surface area contributed by atoms with Crippen LogP contribution in [0.4, 0.5) is 0 Å². The van der Waals surface area contributed by atoms with Crippen molar-refractivity contribution in [2.45, 2.75) is 26.4 Å². The number of oxazole rings is 1. The van der Waals surface area contributed by atoms with Crippen LogP contribution in [0.5, 0.6) is 0 Å². The fourth-order valence-electron chi connectivity index (χ4n) is 2.46. The fraction of sp³-hybridized carbons (Fsp3) is 0.250. The summed E-state index contributed by atoms with van der Waals surface area (Å²) < 4.78 is 11.0. The van der Waals surface area contributed by atoms with Crippen molar-refractivity contribution in [2.24, 2.45) is 0 Å². The van der Waals surface area contributed by atoms with E-state index in [9.17, 15) is 9.90 Å². The number of fused-ring (bicyclic) bond motifs is 1. The number of aryl methyl sites for hydroxylation is 2. The van der Waals surface area contributed by atoms with Gasteiger partial charge in [0.25, 0.3) is 0 Å². The standard InChI is InChI=1S/C16H15NO5/c1-8-16(21-9(2)17-8)15(20)13-7-11-5-10(6-14(18)19)3-4-12(11)22-13/h3-5,7,15,20H,6H2,1-2H3,(H,18,19). The molecule has 3 aromatic rings. The molecule has 0 spiro atoms. The van der Waals surface area contributed by atoms with E-state index in [0.717, 1.165) is 5.39 Å². The molecule has 6 nitrogen and oxygen atoms in total. The third-order valence-corrected chi connectivity index (χ3v) is 3.41. The zero-order chi connectivity index (χ0) is 15.9. The Kier molecular flexibility index (Phi) is 3.46.